The average Bonchev–Trinajstić information content (AvgIpc) is 3.43. The lowest BCUT2D eigenvalue weighted by Crippen LogP contribution is -2.52. The summed E-state index contributed by atoms with van der Waals surface area (Å²) in [6.07, 6.45) is 0.682. The Morgan fingerprint density at radius 1 is 0.970 bits per heavy atom. The summed E-state index contributed by atoms with van der Waals surface area (Å²) in [7, 11) is -2.92. The van der Waals surface area contributed by atoms with Crippen LogP contribution in [0.5, 0.6) is 0 Å². The van der Waals surface area contributed by atoms with Gasteiger partial charge >= 0.3 is 0 Å². The van der Waals surface area contributed by atoms with Crippen LogP contribution >= 0.6 is 11.6 Å². The fraction of sp³-hybridized carbons (Fsp3) is 0.333. The molecule has 3 heterocycles. The van der Waals surface area contributed by atoms with Crippen LogP contribution in [-0.4, -0.2) is 77.6 Å². The van der Waals surface area contributed by atoms with Crippen molar-refractivity contribution >= 4 is 27.3 Å². The first-order valence-corrected chi connectivity index (χ1v) is 13.2. The molecule has 2 aromatic carbocycles. The van der Waals surface area contributed by atoms with Crippen molar-refractivity contribution in [1.82, 2.24) is 19.6 Å². The number of halogens is 1. The molecular formula is C24H25ClN4O3S. The molecule has 0 radical (unpaired) electrons. The number of benzene rings is 2. The fourth-order valence-electron chi connectivity index (χ4n) is 4.58. The summed E-state index contributed by atoms with van der Waals surface area (Å²) < 4.78 is 25.4. The maximum absolute atomic E-state index is 13.6. The van der Waals surface area contributed by atoms with E-state index in [0.29, 0.717) is 49.0 Å². The Kier molecular flexibility index (Phi) is 5.99. The number of sulfone groups is 1. The largest absolute Gasteiger partial charge is 0.335 e. The first-order chi connectivity index (χ1) is 15.9. The number of nitrogens with zero attached hydrogens (tertiary/aromatic N) is 4. The number of rotatable bonds is 4. The second-order valence-electron chi connectivity index (χ2n) is 8.55. The van der Waals surface area contributed by atoms with Crippen LogP contribution in [0, 0.1) is 0 Å². The van der Waals surface area contributed by atoms with Crippen molar-refractivity contribution in [1.29, 1.82) is 0 Å². The quantitative estimate of drug-likeness (QED) is 0.568. The average molecular weight is 485 g/mol. The number of para-hydroxylation sites is 1. The molecule has 1 amide bonds. The molecule has 1 atom stereocenters. The highest BCUT2D eigenvalue weighted by Gasteiger charge is 2.35. The number of carbonyl (C=O) groups excluding carboxylic acids is 1. The SMILES string of the molecule is O=C(c1cc(-c2ccc(Cl)cc2)nn1-c1ccccc1)N1CCN([C@@H]2CCS(=O)(=O)C2)CC1. The van der Waals surface area contributed by atoms with Crippen LogP contribution in [0.25, 0.3) is 16.9 Å². The lowest BCUT2D eigenvalue weighted by atomic mass is 10.1. The van der Waals surface area contributed by atoms with Crippen molar-refractivity contribution in [3.05, 3.63) is 71.4 Å². The molecule has 1 aromatic heterocycles. The van der Waals surface area contributed by atoms with Crippen LogP contribution in [0.1, 0.15) is 16.9 Å². The number of piperazine rings is 1. The maximum Gasteiger partial charge on any atom is 0.272 e. The second-order valence-corrected chi connectivity index (χ2v) is 11.2. The molecular weight excluding hydrogens is 460 g/mol. The second kappa shape index (κ2) is 8.93. The maximum atomic E-state index is 13.6. The molecule has 7 nitrogen and oxygen atoms in total. The van der Waals surface area contributed by atoms with Crippen LogP contribution in [0.15, 0.2) is 60.7 Å². The Bertz CT molecular complexity index is 1250. The number of hydrogen-bond donors (Lipinski definition) is 0. The predicted molar refractivity (Wildman–Crippen MR) is 129 cm³/mol. The van der Waals surface area contributed by atoms with E-state index in [1.165, 1.54) is 0 Å². The van der Waals surface area contributed by atoms with Gasteiger partial charge in [0.05, 0.1) is 22.9 Å². The Hall–Kier alpha value is -2.68. The number of amides is 1. The first-order valence-electron chi connectivity index (χ1n) is 11.0. The van der Waals surface area contributed by atoms with Gasteiger partial charge in [0.15, 0.2) is 9.84 Å². The molecule has 5 rings (SSSR count). The van der Waals surface area contributed by atoms with E-state index in [2.05, 4.69) is 4.90 Å². The van der Waals surface area contributed by atoms with E-state index < -0.39 is 9.84 Å². The number of hydrogen-bond acceptors (Lipinski definition) is 5. The van der Waals surface area contributed by atoms with Crippen molar-refractivity contribution in [3.63, 3.8) is 0 Å². The van der Waals surface area contributed by atoms with Gasteiger partial charge in [-0.1, -0.05) is 41.9 Å². The Morgan fingerprint density at radius 3 is 2.30 bits per heavy atom. The summed E-state index contributed by atoms with van der Waals surface area (Å²) in [6, 6.07) is 18.9. The molecule has 2 aliphatic heterocycles. The first kappa shape index (κ1) is 22.1. The number of carbonyl (C=O) groups is 1. The van der Waals surface area contributed by atoms with Gasteiger partial charge in [0.1, 0.15) is 5.69 Å². The molecule has 2 aliphatic rings. The van der Waals surface area contributed by atoms with Gasteiger partial charge in [0.25, 0.3) is 5.91 Å². The monoisotopic (exact) mass is 484 g/mol. The van der Waals surface area contributed by atoms with Crippen LogP contribution < -0.4 is 0 Å². The number of aromatic nitrogens is 2. The van der Waals surface area contributed by atoms with Gasteiger partial charge in [-0.2, -0.15) is 5.10 Å². The van der Waals surface area contributed by atoms with Crippen molar-refractivity contribution in [3.8, 4) is 16.9 Å². The third-order valence-corrected chi connectivity index (χ3v) is 8.40. The van der Waals surface area contributed by atoms with Crippen molar-refractivity contribution in [2.45, 2.75) is 12.5 Å². The highest BCUT2D eigenvalue weighted by molar-refractivity contribution is 7.91. The molecule has 3 aromatic rings. The van der Waals surface area contributed by atoms with E-state index in [9.17, 15) is 13.2 Å². The zero-order valence-electron chi connectivity index (χ0n) is 18.1. The Labute approximate surface area is 198 Å². The fourth-order valence-corrected chi connectivity index (χ4v) is 6.46. The Morgan fingerprint density at radius 2 is 1.67 bits per heavy atom. The molecule has 2 fully saturated rings. The van der Waals surface area contributed by atoms with E-state index in [1.54, 1.807) is 4.68 Å². The minimum absolute atomic E-state index is 0.0682. The van der Waals surface area contributed by atoms with Crippen LogP contribution in [-0.2, 0) is 9.84 Å². The van der Waals surface area contributed by atoms with Gasteiger partial charge in [-0.3, -0.25) is 9.69 Å². The van der Waals surface area contributed by atoms with Gasteiger partial charge in [0, 0.05) is 42.8 Å². The van der Waals surface area contributed by atoms with Crippen molar-refractivity contribution in [2.24, 2.45) is 0 Å². The highest BCUT2D eigenvalue weighted by Crippen LogP contribution is 2.25. The summed E-state index contributed by atoms with van der Waals surface area (Å²) in [5, 5.41) is 5.38. The summed E-state index contributed by atoms with van der Waals surface area (Å²) in [6.45, 7) is 2.47. The van der Waals surface area contributed by atoms with Gasteiger partial charge < -0.3 is 4.90 Å². The van der Waals surface area contributed by atoms with E-state index in [1.807, 2.05) is 65.6 Å². The zero-order chi connectivity index (χ0) is 23.0. The van der Waals surface area contributed by atoms with Crippen LogP contribution in [0.2, 0.25) is 5.02 Å². The molecule has 9 heteroatoms. The lowest BCUT2D eigenvalue weighted by Gasteiger charge is -2.37. The van der Waals surface area contributed by atoms with Gasteiger partial charge in [-0.05, 0) is 36.8 Å². The topological polar surface area (TPSA) is 75.5 Å². The minimum Gasteiger partial charge on any atom is -0.335 e. The molecule has 0 unspecified atom stereocenters. The third kappa shape index (κ3) is 4.69. The van der Waals surface area contributed by atoms with Gasteiger partial charge in [-0.25, -0.2) is 13.1 Å². The molecule has 0 spiro atoms. The standard InChI is InChI=1S/C24H25ClN4O3S/c25-19-8-6-18(7-9-19)22-16-23(29(26-22)20-4-2-1-3-5-20)24(30)28-13-11-27(12-14-28)21-10-15-33(31,32)17-21/h1-9,16,21H,10-15,17H2/t21-/m1/s1. The zero-order valence-corrected chi connectivity index (χ0v) is 19.7. The molecule has 33 heavy (non-hydrogen) atoms. The van der Waals surface area contributed by atoms with Crippen LogP contribution in [0.3, 0.4) is 0 Å². The highest BCUT2D eigenvalue weighted by atomic mass is 35.5. The predicted octanol–water partition coefficient (Wildman–Crippen LogP) is 3.14. The van der Waals surface area contributed by atoms with E-state index in [4.69, 9.17) is 16.7 Å². The van der Waals surface area contributed by atoms with Crippen molar-refractivity contribution < 1.29 is 13.2 Å². The van der Waals surface area contributed by atoms with E-state index in [-0.39, 0.29) is 23.5 Å². The summed E-state index contributed by atoms with van der Waals surface area (Å²) in [5.74, 6) is 0.414. The van der Waals surface area contributed by atoms with E-state index >= 15 is 0 Å². The van der Waals surface area contributed by atoms with Crippen LogP contribution in [0.4, 0.5) is 0 Å². The smallest absolute Gasteiger partial charge is 0.272 e. The lowest BCUT2D eigenvalue weighted by molar-refractivity contribution is 0.0579. The summed E-state index contributed by atoms with van der Waals surface area (Å²) in [4.78, 5) is 17.6. The summed E-state index contributed by atoms with van der Waals surface area (Å²) >= 11 is 6.03. The van der Waals surface area contributed by atoms with E-state index in [0.717, 1.165) is 11.3 Å². The Balaban J connectivity index is 1.39. The normalized spacial score (nSPS) is 20.8. The molecule has 172 valence electrons. The van der Waals surface area contributed by atoms with Crippen molar-refractivity contribution in [2.75, 3.05) is 37.7 Å². The van der Waals surface area contributed by atoms with Gasteiger partial charge in [-0.15, -0.1) is 0 Å². The van der Waals surface area contributed by atoms with Gasteiger partial charge in [0.2, 0.25) is 0 Å². The third-order valence-electron chi connectivity index (χ3n) is 6.40. The molecule has 0 saturated carbocycles. The molecule has 0 aliphatic carbocycles. The molecule has 2 saturated heterocycles. The summed E-state index contributed by atoms with van der Waals surface area (Å²) in [5.41, 5.74) is 2.91. The minimum atomic E-state index is -2.92. The molecule has 0 N–H and O–H groups in total. The molecule has 0 bridgehead atoms.